The van der Waals surface area contributed by atoms with Gasteiger partial charge in [-0.3, -0.25) is 9.59 Å². The summed E-state index contributed by atoms with van der Waals surface area (Å²) in [4.78, 5) is 25.0. The number of hydrogen-bond acceptors (Lipinski definition) is 4. The highest BCUT2D eigenvalue weighted by Crippen LogP contribution is 2.34. The molecule has 0 atom stereocenters. The van der Waals surface area contributed by atoms with Crippen molar-refractivity contribution in [3.63, 3.8) is 0 Å². The molecule has 29 heavy (non-hydrogen) atoms. The highest BCUT2D eigenvalue weighted by atomic mass is 32.2. The molecule has 0 unspecified atom stereocenters. The standard InChI is InChI=1S/C22H18N2O4S/c1-14-5-4-6-15(11-14)13-23-21(25)16-9-10-20-18(12-16)24-22(26)17-7-2-3-8-19(17)29(20,27)28/h2-12H,13H2,1H3,(H,23,25)(H,24,26). The third-order valence-corrected chi connectivity index (χ3v) is 6.61. The van der Waals surface area contributed by atoms with Gasteiger partial charge in [0.25, 0.3) is 11.8 Å². The van der Waals surface area contributed by atoms with Gasteiger partial charge in [-0.1, -0.05) is 42.0 Å². The predicted octanol–water partition coefficient (Wildman–Crippen LogP) is 3.32. The van der Waals surface area contributed by atoms with Crippen LogP contribution in [0.15, 0.2) is 76.5 Å². The Labute approximate surface area is 168 Å². The van der Waals surface area contributed by atoms with Gasteiger partial charge in [-0.2, -0.15) is 0 Å². The van der Waals surface area contributed by atoms with E-state index in [9.17, 15) is 18.0 Å². The van der Waals surface area contributed by atoms with Crippen LogP contribution in [0.1, 0.15) is 31.8 Å². The average Bonchev–Trinajstić information content (AvgIpc) is 2.79. The Kier molecular flexibility index (Phi) is 4.68. The minimum absolute atomic E-state index is 0.0361. The lowest BCUT2D eigenvalue weighted by Crippen LogP contribution is -2.23. The Morgan fingerprint density at radius 2 is 1.76 bits per heavy atom. The lowest BCUT2D eigenvalue weighted by atomic mass is 10.1. The summed E-state index contributed by atoms with van der Waals surface area (Å²) in [5.74, 6) is -0.886. The summed E-state index contributed by atoms with van der Waals surface area (Å²) < 4.78 is 26.0. The van der Waals surface area contributed by atoms with Gasteiger partial charge >= 0.3 is 0 Å². The molecule has 0 bridgehead atoms. The summed E-state index contributed by atoms with van der Waals surface area (Å²) >= 11 is 0. The van der Waals surface area contributed by atoms with Crippen LogP contribution in [0, 0.1) is 6.92 Å². The van der Waals surface area contributed by atoms with E-state index < -0.39 is 15.7 Å². The van der Waals surface area contributed by atoms with Gasteiger partial charge in [0.2, 0.25) is 9.84 Å². The van der Waals surface area contributed by atoms with Crippen molar-refractivity contribution in [3.8, 4) is 0 Å². The fourth-order valence-corrected chi connectivity index (χ4v) is 4.90. The third-order valence-electron chi connectivity index (χ3n) is 4.74. The van der Waals surface area contributed by atoms with Crippen molar-refractivity contribution in [3.05, 3.63) is 89.0 Å². The molecule has 7 heteroatoms. The second-order valence-corrected chi connectivity index (χ2v) is 8.72. The van der Waals surface area contributed by atoms with Crippen molar-refractivity contribution in [2.24, 2.45) is 0 Å². The summed E-state index contributed by atoms with van der Waals surface area (Å²) in [6.45, 7) is 2.31. The van der Waals surface area contributed by atoms with E-state index in [4.69, 9.17) is 0 Å². The van der Waals surface area contributed by atoms with Crippen LogP contribution < -0.4 is 10.6 Å². The fourth-order valence-electron chi connectivity index (χ4n) is 3.31. The minimum atomic E-state index is -3.89. The number of sulfone groups is 1. The van der Waals surface area contributed by atoms with Crippen LogP contribution in [-0.2, 0) is 16.4 Å². The number of carbonyl (C=O) groups excluding carboxylic acids is 2. The average molecular weight is 406 g/mol. The van der Waals surface area contributed by atoms with E-state index in [2.05, 4.69) is 10.6 Å². The molecule has 2 amide bonds. The normalized spacial score (nSPS) is 14.2. The van der Waals surface area contributed by atoms with E-state index in [-0.39, 0.29) is 32.5 Å². The van der Waals surface area contributed by atoms with Gasteiger partial charge in [0.05, 0.1) is 21.0 Å². The van der Waals surface area contributed by atoms with E-state index in [1.54, 1.807) is 12.1 Å². The maximum Gasteiger partial charge on any atom is 0.257 e. The zero-order valence-electron chi connectivity index (χ0n) is 15.6. The van der Waals surface area contributed by atoms with E-state index in [1.807, 2.05) is 31.2 Å². The smallest absolute Gasteiger partial charge is 0.257 e. The zero-order chi connectivity index (χ0) is 20.6. The van der Waals surface area contributed by atoms with Crippen molar-refractivity contribution >= 4 is 27.3 Å². The van der Waals surface area contributed by atoms with Gasteiger partial charge in [0.15, 0.2) is 0 Å². The first-order chi connectivity index (χ1) is 13.9. The second kappa shape index (κ2) is 7.18. The van der Waals surface area contributed by atoms with Gasteiger partial charge in [0, 0.05) is 12.1 Å². The number of amides is 2. The number of nitrogens with one attached hydrogen (secondary N) is 2. The predicted molar refractivity (Wildman–Crippen MR) is 109 cm³/mol. The zero-order valence-corrected chi connectivity index (χ0v) is 16.4. The van der Waals surface area contributed by atoms with Crippen molar-refractivity contribution in [2.75, 3.05) is 5.32 Å². The van der Waals surface area contributed by atoms with E-state index >= 15 is 0 Å². The Bertz CT molecular complexity index is 1250. The molecule has 146 valence electrons. The Balaban J connectivity index is 1.65. The lowest BCUT2D eigenvalue weighted by molar-refractivity contribution is 0.0949. The van der Waals surface area contributed by atoms with Crippen LogP contribution in [0.5, 0.6) is 0 Å². The van der Waals surface area contributed by atoms with Crippen molar-refractivity contribution in [1.29, 1.82) is 0 Å². The van der Waals surface area contributed by atoms with Crippen LogP contribution in [0.3, 0.4) is 0 Å². The van der Waals surface area contributed by atoms with Gasteiger partial charge < -0.3 is 10.6 Å². The number of aryl methyl sites for hydroxylation is 1. The first kappa shape index (κ1) is 18.9. The van der Waals surface area contributed by atoms with Crippen LogP contribution in [0.25, 0.3) is 0 Å². The van der Waals surface area contributed by atoms with Gasteiger partial charge in [-0.05, 0) is 42.8 Å². The highest BCUT2D eigenvalue weighted by Gasteiger charge is 2.31. The molecule has 3 aromatic carbocycles. The van der Waals surface area contributed by atoms with Crippen LogP contribution >= 0.6 is 0 Å². The number of carbonyl (C=O) groups is 2. The minimum Gasteiger partial charge on any atom is -0.348 e. The van der Waals surface area contributed by atoms with Crippen LogP contribution in [0.2, 0.25) is 0 Å². The summed E-state index contributed by atoms with van der Waals surface area (Å²) in [6, 6.07) is 18.0. The maximum absolute atomic E-state index is 13.0. The van der Waals surface area contributed by atoms with Crippen molar-refractivity contribution in [1.82, 2.24) is 5.32 Å². The monoisotopic (exact) mass is 406 g/mol. The quantitative estimate of drug-likeness (QED) is 0.698. The highest BCUT2D eigenvalue weighted by molar-refractivity contribution is 7.91. The Hall–Kier alpha value is -3.45. The molecule has 1 aliphatic heterocycles. The topological polar surface area (TPSA) is 92.3 Å². The van der Waals surface area contributed by atoms with E-state index in [0.29, 0.717) is 6.54 Å². The summed E-state index contributed by atoms with van der Waals surface area (Å²) in [5, 5.41) is 5.43. The summed E-state index contributed by atoms with van der Waals surface area (Å²) in [6.07, 6.45) is 0. The number of benzene rings is 3. The molecule has 0 aliphatic carbocycles. The molecule has 3 aromatic rings. The largest absolute Gasteiger partial charge is 0.348 e. The Morgan fingerprint density at radius 1 is 0.966 bits per heavy atom. The molecular weight excluding hydrogens is 388 g/mol. The van der Waals surface area contributed by atoms with Crippen molar-refractivity contribution < 1.29 is 18.0 Å². The lowest BCUT2D eigenvalue weighted by Gasteiger charge is -2.10. The SMILES string of the molecule is Cc1cccc(CNC(=O)c2ccc3c(c2)NC(=O)c2ccccc2S3(=O)=O)c1. The third kappa shape index (κ3) is 3.52. The summed E-state index contributed by atoms with van der Waals surface area (Å²) in [7, 11) is -3.89. The number of anilines is 1. The molecule has 1 heterocycles. The molecule has 0 saturated heterocycles. The fraction of sp³-hybridized carbons (Fsp3) is 0.0909. The molecule has 0 saturated carbocycles. The van der Waals surface area contributed by atoms with Gasteiger partial charge in [-0.25, -0.2) is 8.42 Å². The van der Waals surface area contributed by atoms with E-state index in [0.717, 1.165) is 11.1 Å². The Morgan fingerprint density at radius 3 is 2.55 bits per heavy atom. The second-order valence-electron chi connectivity index (χ2n) is 6.84. The molecule has 0 fully saturated rings. The first-order valence-corrected chi connectivity index (χ1v) is 10.5. The van der Waals surface area contributed by atoms with Crippen molar-refractivity contribution in [2.45, 2.75) is 23.3 Å². The van der Waals surface area contributed by atoms with E-state index in [1.165, 1.54) is 30.3 Å². The molecule has 2 N–H and O–H groups in total. The first-order valence-electron chi connectivity index (χ1n) is 8.99. The number of fused-ring (bicyclic) bond motifs is 2. The molecule has 0 aromatic heterocycles. The number of rotatable bonds is 3. The maximum atomic E-state index is 13.0. The van der Waals surface area contributed by atoms with Crippen LogP contribution in [-0.4, -0.2) is 20.2 Å². The number of hydrogen-bond donors (Lipinski definition) is 2. The van der Waals surface area contributed by atoms with Crippen LogP contribution in [0.4, 0.5) is 5.69 Å². The van der Waals surface area contributed by atoms with Gasteiger partial charge in [-0.15, -0.1) is 0 Å². The van der Waals surface area contributed by atoms with Gasteiger partial charge in [0.1, 0.15) is 0 Å². The molecule has 1 aliphatic rings. The molecule has 4 rings (SSSR count). The molecule has 0 radical (unpaired) electrons. The molecular formula is C22H18N2O4S. The molecule has 6 nitrogen and oxygen atoms in total. The molecule has 0 spiro atoms. The summed E-state index contributed by atoms with van der Waals surface area (Å²) in [5.41, 5.74) is 2.48.